The van der Waals surface area contributed by atoms with E-state index in [1.165, 1.54) is 21.3 Å². The first kappa shape index (κ1) is 12.2. The smallest absolute Gasteiger partial charge is 0.0849 e. The molecule has 0 radical (unpaired) electrons. The average molecular weight is 221 g/mol. The van der Waals surface area contributed by atoms with Crippen molar-refractivity contribution in [2.24, 2.45) is 0 Å². The van der Waals surface area contributed by atoms with E-state index in [2.05, 4.69) is 37.9 Å². The molecular weight excluding hydrogens is 202 g/mol. The summed E-state index contributed by atoms with van der Waals surface area (Å²) in [4.78, 5) is 4.42. The first-order valence-electron chi connectivity index (χ1n) is 5.53. The molecule has 15 heavy (non-hydrogen) atoms. The van der Waals surface area contributed by atoms with E-state index in [-0.39, 0.29) is 0 Å². The number of aromatic nitrogens is 1. The molecule has 1 aromatic carbocycles. The van der Waals surface area contributed by atoms with Crippen molar-refractivity contribution in [3.63, 3.8) is 0 Å². The number of aryl methyl sites for hydroxylation is 1. The zero-order chi connectivity index (χ0) is 11.4. The van der Waals surface area contributed by atoms with Gasteiger partial charge in [-0.2, -0.15) is 0 Å². The third kappa shape index (κ3) is 2.37. The highest BCUT2D eigenvalue weighted by atomic mass is 32.1. The van der Waals surface area contributed by atoms with Gasteiger partial charge in [-0.15, -0.1) is 11.3 Å². The molecule has 82 valence electrons. The first-order valence-corrected chi connectivity index (χ1v) is 6.41. The maximum atomic E-state index is 4.42. The molecule has 0 aliphatic heterocycles. The van der Waals surface area contributed by atoms with Crippen LogP contribution in [0.25, 0.3) is 10.2 Å². The van der Waals surface area contributed by atoms with Crippen LogP contribution in [0.1, 0.15) is 44.7 Å². The molecule has 0 fully saturated rings. The van der Waals surface area contributed by atoms with E-state index in [9.17, 15) is 0 Å². The van der Waals surface area contributed by atoms with Gasteiger partial charge in [-0.1, -0.05) is 39.8 Å². The SMILES string of the molecule is CC.Cc1ccc(C(C)C)c2ncsc12. The predicted octanol–water partition coefficient (Wildman–Crippen LogP) is 4.75. The quantitative estimate of drug-likeness (QED) is 0.677. The second-order valence-electron chi connectivity index (χ2n) is 3.66. The Balaban J connectivity index is 0.000000531. The molecule has 0 spiro atoms. The first-order chi connectivity index (χ1) is 7.20. The van der Waals surface area contributed by atoms with Crippen LogP contribution in [0.15, 0.2) is 17.6 Å². The van der Waals surface area contributed by atoms with Gasteiger partial charge in [0.15, 0.2) is 0 Å². The van der Waals surface area contributed by atoms with E-state index in [1.807, 2.05) is 19.4 Å². The minimum absolute atomic E-state index is 0.560. The van der Waals surface area contributed by atoms with E-state index in [0.29, 0.717) is 5.92 Å². The van der Waals surface area contributed by atoms with Crippen molar-refractivity contribution in [2.75, 3.05) is 0 Å². The average Bonchev–Trinajstić information content (AvgIpc) is 2.70. The largest absolute Gasteiger partial charge is 0.244 e. The van der Waals surface area contributed by atoms with Gasteiger partial charge in [-0.05, 0) is 24.0 Å². The van der Waals surface area contributed by atoms with Gasteiger partial charge in [0.1, 0.15) is 0 Å². The van der Waals surface area contributed by atoms with Crippen LogP contribution in [0.3, 0.4) is 0 Å². The van der Waals surface area contributed by atoms with Crippen LogP contribution in [0.5, 0.6) is 0 Å². The van der Waals surface area contributed by atoms with E-state index in [4.69, 9.17) is 0 Å². The summed E-state index contributed by atoms with van der Waals surface area (Å²) < 4.78 is 1.34. The van der Waals surface area contributed by atoms with Gasteiger partial charge in [0.2, 0.25) is 0 Å². The maximum Gasteiger partial charge on any atom is 0.0849 e. The van der Waals surface area contributed by atoms with Gasteiger partial charge in [0, 0.05) is 0 Å². The van der Waals surface area contributed by atoms with Crippen LogP contribution < -0.4 is 0 Å². The lowest BCUT2D eigenvalue weighted by Gasteiger charge is -2.06. The fraction of sp³-hybridized carbons (Fsp3) is 0.462. The Morgan fingerprint density at radius 3 is 2.47 bits per heavy atom. The van der Waals surface area contributed by atoms with Crippen molar-refractivity contribution in [1.29, 1.82) is 0 Å². The lowest BCUT2D eigenvalue weighted by atomic mass is 10.0. The van der Waals surface area contributed by atoms with E-state index in [1.54, 1.807) is 11.3 Å². The van der Waals surface area contributed by atoms with Crippen LogP contribution >= 0.6 is 11.3 Å². The molecule has 1 heterocycles. The fourth-order valence-corrected chi connectivity index (χ4v) is 2.37. The summed E-state index contributed by atoms with van der Waals surface area (Å²) in [5, 5.41) is 0. The number of rotatable bonds is 1. The van der Waals surface area contributed by atoms with Crippen molar-refractivity contribution < 1.29 is 0 Å². The summed E-state index contributed by atoms with van der Waals surface area (Å²) in [5.74, 6) is 0.560. The van der Waals surface area contributed by atoms with Crippen LogP contribution in [-0.2, 0) is 0 Å². The minimum atomic E-state index is 0.560. The maximum absolute atomic E-state index is 4.42. The molecule has 0 atom stereocenters. The highest BCUT2D eigenvalue weighted by Gasteiger charge is 2.08. The molecule has 0 saturated heterocycles. The number of thiazole rings is 1. The molecule has 0 aliphatic rings. The fourth-order valence-electron chi connectivity index (χ4n) is 1.57. The lowest BCUT2D eigenvalue weighted by molar-refractivity contribution is 0.873. The standard InChI is InChI=1S/C11H13NS.C2H6/c1-7(2)9-5-4-8(3)11-10(9)12-6-13-11;1-2/h4-7H,1-3H3;1-2H3. The monoisotopic (exact) mass is 221 g/mol. The van der Waals surface area contributed by atoms with Gasteiger partial charge in [-0.25, -0.2) is 4.98 Å². The number of benzene rings is 1. The normalized spacial score (nSPS) is 10.3. The van der Waals surface area contributed by atoms with Crippen molar-refractivity contribution in [1.82, 2.24) is 4.98 Å². The highest BCUT2D eigenvalue weighted by Crippen LogP contribution is 2.29. The topological polar surface area (TPSA) is 12.9 Å². The van der Waals surface area contributed by atoms with Gasteiger partial charge in [0.05, 0.1) is 15.7 Å². The molecule has 2 rings (SSSR count). The van der Waals surface area contributed by atoms with Crippen molar-refractivity contribution in [2.45, 2.75) is 40.5 Å². The molecule has 0 aliphatic carbocycles. The summed E-state index contributed by atoms with van der Waals surface area (Å²) in [6.45, 7) is 10.6. The molecule has 2 heteroatoms. The summed E-state index contributed by atoms with van der Waals surface area (Å²) in [6.07, 6.45) is 0. The zero-order valence-electron chi connectivity index (χ0n) is 10.2. The Hall–Kier alpha value is -0.890. The molecule has 0 N–H and O–H groups in total. The molecule has 0 amide bonds. The summed E-state index contributed by atoms with van der Waals surface area (Å²) >= 11 is 1.73. The molecule has 0 unspecified atom stereocenters. The Morgan fingerprint density at radius 2 is 1.87 bits per heavy atom. The number of nitrogens with zero attached hydrogens (tertiary/aromatic N) is 1. The van der Waals surface area contributed by atoms with E-state index >= 15 is 0 Å². The number of fused-ring (bicyclic) bond motifs is 1. The molecular formula is C13H19NS. The third-order valence-corrected chi connectivity index (χ3v) is 3.30. The number of hydrogen-bond acceptors (Lipinski definition) is 2. The lowest BCUT2D eigenvalue weighted by Crippen LogP contribution is -1.89. The van der Waals surface area contributed by atoms with Gasteiger partial charge < -0.3 is 0 Å². The summed E-state index contributed by atoms with van der Waals surface area (Å²) in [7, 11) is 0. The van der Waals surface area contributed by atoms with Gasteiger partial charge in [0.25, 0.3) is 0 Å². The van der Waals surface area contributed by atoms with E-state index < -0.39 is 0 Å². The Bertz CT molecular complexity index is 429. The second kappa shape index (κ2) is 5.26. The van der Waals surface area contributed by atoms with Crippen LogP contribution in [-0.4, -0.2) is 4.98 Å². The van der Waals surface area contributed by atoms with Crippen molar-refractivity contribution in [3.8, 4) is 0 Å². The molecule has 0 saturated carbocycles. The third-order valence-electron chi connectivity index (χ3n) is 2.33. The second-order valence-corrected chi connectivity index (χ2v) is 4.51. The Morgan fingerprint density at radius 1 is 1.20 bits per heavy atom. The van der Waals surface area contributed by atoms with Gasteiger partial charge >= 0.3 is 0 Å². The molecule has 1 aromatic heterocycles. The number of hydrogen-bond donors (Lipinski definition) is 0. The van der Waals surface area contributed by atoms with Crippen molar-refractivity contribution in [3.05, 3.63) is 28.8 Å². The van der Waals surface area contributed by atoms with Crippen LogP contribution in [0.2, 0.25) is 0 Å². The Labute approximate surface area is 96.2 Å². The molecule has 1 nitrogen and oxygen atoms in total. The van der Waals surface area contributed by atoms with Crippen molar-refractivity contribution >= 4 is 21.6 Å². The Kier molecular flexibility index (Phi) is 4.28. The van der Waals surface area contributed by atoms with Gasteiger partial charge in [-0.3, -0.25) is 0 Å². The minimum Gasteiger partial charge on any atom is -0.244 e. The summed E-state index contributed by atoms with van der Waals surface area (Å²) in [5.41, 5.74) is 5.83. The molecule has 0 bridgehead atoms. The summed E-state index contributed by atoms with van der Waals surface area (Å²) in [6, 6.07) is 4.39. The van der Waals surface area contributed by atoms with Crippen LogP contribution in [0, 0.1) is 6.92 Å². The molecule has 2 aromatic rings. The highest BCUT2D eigenvalue weighted by molar-refractivity contribution is 7.17. The van der Waals surface area contributed by atoms with E-state index in [0.717, 1.165) is 0 Å². The predicted molar refractivity (Wildman–Crippen MR) is 69.8 cm³/mol. The van der Waals surface area contributed by atoms with Crippen LogP contribution in [0.4, 0.5) is 0 Å². The zero-order valence-corrected chi connectivity index (χ0v) is 11.0.